The highest BCUT2D eigenvalue weighted by Crippen LogP contribution is 2.54. The molecule has 1 aliphatic carbocycles. The second kappa shape index (κ2) is 3.40. The van der Waals surface area contributed by atoms with E-state index in [1.54, 1.807) is 0 Å². The van der Waals surface area contributed by atoms with Gasteiger partial charge >= 0.3 is 0 Å². The average molecular weight is 168 g/mol. The van der Waals surface area contributed by atoms with Crippen LogP contribution >= 0.6 is 0 Å². The van der Waals surface area contributed by atoms with E-state index in [0.717, 1.165) is 17.8 Å². The average Bonchev–Trinajstić information content (AvgIpc) is 2.00. The minimum absolute atomic E-state index is 0.620. The van der Waals surface area contributed by atoms with Gasteiger partial charge in [-0.05, 0) is 29.6 Å². The smallest absolute Gasteiger partial charge is 0.0297 e. The van der Waals surface area contributed by atoms with Crippen LogP contribution in [0.25, 0.3) is 0 Å². The highest BCUT2D eigenvalue weighted by Gasteiger charge is 2.46. The molecule has 0 aromatic rings. The van der Waals surface area contributed by atoms with Gasteiger partial charge in [-0.1, -0.05) is 47.5 Å². The summed E-state index contributed by atoms with van der Waals surface area (Å²) >= 11 is 0. The number of hydrogen-bond acceptors (Lipinski definition) is 0. The standard InChI is InChI=1S/C12H24/c1-6-7-9(2)11-8-10(3)12(11,4)5/h9-11H,6-8H2,1-5H3. The fourth-order valence-corrected chi connectivity index (χ4v) is 2.82. The van der Waals surface area contributed by atoms with Crippen LogP contribution in [-0.2, 0) is 0 Å². The molecule has 72 valence electrons. The van der Waals surface area contributed by atoms with Crippen LogP contribution in [0.5, 0.6) is 0 Å². The molecular weight excluding hydrogens is 144 g/mol. The largest absolute Gasteiger partial charge is 0.0654 e. The first-order chi connectivity index (χ1) is 5.50. The van der Waals surface area contributed by atoms with E-state index in [4.69, 9.17) is 0 Å². The molecule has 3 atom stereocenters. The Hall–Kier alpha value is 0. The molecule has 0 radical (unpaired) electrons. The Kier molecular flexibility index (Phi) is 2.85. The third-order valence-corrected chi connectivity index (χ3v) is 4.26. The Bertz CT molecular complexity index is 146. The maximum Gasteiger partial charge on any atom is -0.0297 e. The molecule has 1 rings (SSSR count). The minimum Gasteiger partial charge on any atom is -0.0654 e. The summed E-state index contributed by atoms with van der Waals surface area (Å²) in [6, 6.07) is 0. The van der Waals surface area contributed by atoms with Crippen molar-refractivity contribution in [3.8, 4) is 0 Å². The van der Waals surface area contributed by atoms with Gasteiger partial charge in [0, 0.05) is 0 Å². The van der Waals surface area contributed by atoms with Crippen LogP contribution in [0.4, 0.5) is 0 Å². The summed E-state index contributed by atoms with van der Waals surface area (Å²) in [4.78, 5) is 0. The Morgan fingerprint density at radius 1 is 1.42 bits per heavy atom. The Morgan fingerprint density at radius 2 is 2.00 bits per heavy atom. The van der Waals surface area contributed by atoms with E-state index < -0.39 is 0 Å². The van der Waals surface area contributed by atoms with Gasteiger partial charge in [0.1, 0.15) is 0 Å². The Balaban J connectivity index is 2.45. The van der Waals surface area contributed by atoms with Gasteiger partial charge in [0.25, 0.3) is 0 Å². The molecule has 0 aromatic carbocycles. The van der Waals surface area contributed by atoms with Crippen molar-refractivity contribution in [3.63, 3.8) is 0 Å². The zero-order chi connectivity index (χ0) is 9.35. The maximum absolute atomic E-state index is 2.44. The molecule has 0 aromatic heterocycles. The van der Waals surface area contributed by atoms with Crippen LogP contribution < -0.4 is 0 Å². The summed E-state index contributed by atoms with van der Waals surface area (Å²) < 4.78 is 0. The third kappa shape index (κ3) is 1.53. The fraction of sp³-hybridized carbons (Fsp3) is 1.00. The van der Waals surface area contributed by atoms with E-state index >= 15 is 0 Å². The molecule has 1 aliphatic rings. The van der Waals surface area contributed by atoms with Gasteiger partial charge in [-0.2, -0.15) is 0 Å². The molecular formula is C12H24. The summed E-state index contributed by atoms with van der Waals surface area (Å²) in [5.74, 6) is 2.88. The lowest BCUT2D eigenvalue weighted by molar-refractivity contribution is -0.0445. The lowest BCUT2D eigenvalue weighted by Gasteiger charge is -2.54. The van der Waals surface area contributed by atoms with Gasteiger partial charge in [0.15, 0.2) is 0 Å². The summed E-state index contributed by atoms with van der Waals surface area (Å²) in [5.41, 5.74) is 0.620. The molecule has 3 unspecified atom stereocenters. The summed E-state index contributed by atoms with van der Waals surface area (Å²) in [7, 11) is 0. The lowest BCUT2D eigenvalue weighted by atomic mass is 9.51. The highest BCUT2D eigenvalue weighted by atomic mass is 14.5. The van der Waals surface area contributed by atoms with Crippen LogP contribution in [0, 0.1) is 23.2 Å². The van der Waals surface area contributed by atoms with Gasteiger partial charge in [0.2, 0.25) is 0 Å². The topological polar surface area (TPSA) is 0 Å². The first kappa shape index (κ1) is 10.1. The molecule has 0 heterocycles. The van der Waals surface area contributed by atoms with Crippen molar-refractivity contribution >= 4 is 0 Å². The number of rotatable bonds is 3. The molecule has 0 saturated heterocycles. The van der Waals surface area contributed by atoms with Crippen LogP contribution in [0.2, 0.25) is 0 Å². The second-order valence-electron chi connectivity index (χ2n) is 5.33. The molecule has 1 fully saturated rings. The molecule has 0 nitrogen and oxygen atoms in total. The number of hydrogen-bond donors (Lipinski definition) is 0. The van der Waals surface area contributed by atoms with E-state index in [1.165, 1.54) is 19.3 Å². The maximum atomic E-state index is 2.44. The summed E-state index contributed by atoms with van der Waals surface area (Å²) in [5, 5.41) is 0. The highest BCUT2D eigenvalue weighted by molar-refractivity contribution is 4.96. The summed E-state index contributed by atoms with van der Waals surface area (Å²) in [6.45, 7) is 12.0. The zero-order valence-corrected chi connectivity index (χ0v) is 9.35. The van der Waals surface area contributed by atoms with E-state index in [9.17, 15) is 0 Å². The van der Waals surface area contributed by atoms with Gasteiger partial charge < -0.3 is 0 Å². The monoisotopic (exact) mass is 168 g/mol. The normalized spacial score (nSPS) is 35.8. The predicted octanol–water partition coefficient (Wildman–Crippen LogP) is 4.10. The quantitative estimate of drug-likeness (QED) is 0.595. The van der Waals surface area contributed by atoms with Crippen molar-refractivity contribution in [2.24, 2.45) is 23.2 Å². The Morgan fingerprint density at radius 3 is 2.33 bits per heavy atom. The fourth-order valence-electron chi connectivity index (χ4n) is 2.82. The van der Waals surface area contributed by atoms with Gasteiger partial charge in [0.05, 0.1) is 0 Å². The molecule has 0 amide bonds. The van der Waals surface area contributed by atoms with Gasteiger partial charge in [-0.15, -0.1) is 0 Å². The van der Waals surface area contributed by atoms with E-state index in [-0.39, 0.29) is 0 Å². The molecule has 0 heteroatoms. The van der Waals surface area contributed by atoms with Crippen LogP contribution in [0.15, 0.2) is 0 Å². The first-order valence-electron chi connectivity index (χ1n) is 5.50. The molecule has 0 aliphatic heterocycles. The lowest BCUT2D eigenvalue weighted by Crippen LogP contribution is -2.46. The zero-order valence-electron chi connectivity index (χ0n) is 9.35. The summed E-state index contributed by atoms with van der Waals surface area (Å²) in [6.07, 6.45) is 4.23. The SMILES string of the molecule is CCCC(C)C1CC(C)C1(C)C. The first-order valence-corrected chi connectivity index (χ1v) is 5.50. The predicted molar refractivity (Wildman–Crippen MR) is 55.1 cm³/mol. The van der Waals surface area contributed by atoms with E-state index in [2.05, 4.69) is 34.6 Å². The second-order valence-corrected chi connectivity index (χ2v) is 5.33. The van der Waals surface area contributed by atoms with Crippen molar-refractivity contribution in [1.82, 2.24) is 0 Å². The van der Waals surface area contributed by atoms with E-state index in [0.29, 0.717) is 5.41 Å². The van der Waals surface area contributed by atoms with Crippen molar-refractivity contribution < 1.29 is 0 Å². The van der Waals surface area contributed by atoms with Crippen molar-refractivity contribution in [3.05, 3.63) is 0 Å². The minimum atomic E-state index is 0.620. The van der Waals surface area contributed by atoms with Crippen molar-refractivity contribution in [2.45, 2.75) is 53.9 Å². The third-order valence-electron chi connectivity index (χ3n) is 4.26. The van der Waals surface area contributed by atoms with Crippen LogP contribution in [0.1, 0.15) is 53.9 Å². The van der Waals surface area contributed by atoms with Crippen LogP contribution in [0.3, 0.4) is 0 Å². The van der Waals surface area contributed by atoms with Crippen molar-refractivity contribution in [2.75, 3.05) is 0 Å². The molecule has 0 N–H and O–H groups in total. The van der Waals surface area contributed by atoms with Crippen molar-refractivity contribution in [1.29, 1.82) is 0 Å². The van der Waals surface area contributed by atoms with E-state index in [1.807, 2.05) is 0 Å². The molecule has 1 saturated carbocycles. The molecule has 0 bridgehead atoms. The van der Waals surface area contributed by atoms with Gasteiger partial charge in [-0.25, -0.2) is 0 Å². The molecule has 0 spiro atoms. The Labute approximate surface area is 77.7 Å². The van der Waals surface area contributed by atoms with Gasteiger partial charge in [-0.3, -0.25) is 0 Å². The van der Waals surface area contributed by atoms with Crippen LogP contribution in [-0.4, -0.2) is 0 Å². The molecule has 12 heavy (non-hydrogen) atoms.